The lowest BCUT2D eigenvalue weighted by molar-refractivity contribution is -0.128. The SMILES string of the molecule is CC(C(=O)NC1(C#N)CCCCC1)N1CCC(COc2ccccc2)CC1. The number of nitrogens with one attached hydrogen (secondary N) is 1. The molecule has 5 heteroatoms. The molecule has 0 aromatic heterocycles. The van der Waals surface area contributed by atoms with Crippen molar-refractivity contribution in [2.24, 2.45) is 5.92 Å². The summed E-state index contributed by atoms with van der Waals surface area (Å²) in [5, 5.41) is 12.6. The maximum atomic E-state index is 12.7. The van der Waals surface area contributed by atoms with Crippen molar-refractivity contribution >= 4 is 5.91 Å². The van der Waals surface area contributed by atoms with Gasteiger partial charge in [0.2, 0.25) is 5.91 Å². The van der Waals surface area contributed by atoms with Crippen molar-refractivity contribution in [3.05, 3.63) is 30.3 Å². The lowest BCUT2D eigenvalue weighted by Gasteiger charge is -2.38. The van der Waals surface area contributed by atoms with Crippen LogP contribution in [0, 0.1) is 17.2 Å². The number of nitriles is 1. The molecule has 1 aromatic rings. The lowest BCUT2D eigenvalue weighted by Crippen LogP contribution is -2.56. The number of likely N-dealkylation sites (tertiary alicyclic amines) is 1. The Morgan fingerprint density at radius 3 is 2.56 bits per heavy atom. The first-order valence-electron chi connectivity index (χ1n) is 10.3. The van der Waals surface area contributed by atoms with Gasteiger partial charge in [0.05, 0.1) is 18.7 Å². The molecule has 3 rings (SSSR count). The molecule has 1 aliphatic heterocycles. The molecular formula is C22H31N3O2. The number of amides is 1. The molecule has 0 bridgehead atoms. The molecule has 0 radical (unpaired) electrons. The number of carbonyl (C=O) groups is 1. The fraction of sp³-hybridized carbons (Fsp3) is 0.636. The zero-order valence-electron chi connectivity index (χ0n) is 16.3. The Morgan fingerprint density at radius 1 is 1.26 bits per heavy atom. The minimum Gasteiger partial charge on any atom is -0.493 e. The van der Waals surface area contributed by atoms with E-state index in [9.17, 15) is 10.1 Å². The summed E-state index contributed by atoms with van der Waals surface area (Å²) in [6.45, 7) is 4.49. The van der Waals surface area contributed by atoms with Crippen LogP contribution in [0.3, 0.4) is 0 Å². The maximum Gasteiger partial charge on any atom is 0.238 e. The second kappa shape index (κ2) is 9.23. The molecule has 27 heavy (non-hydrogen) atoms. The van der Waals surface area contributed by atoms with Gasteiger partial charge in [-0.1, -0.05) is 37.5 Å². The van der Waals surface area contributed by atoms with Crippen molar-refractivity contribution in [3.8, 4) is 11.8 Å². The van der Waals surface area contributed by atoms with E-state index in [4.69, 9.17) is 4.74 Å². The van der Waals surface area contributed by atoms with Crippen molar-refractivity contribution in [3.63, 3.8) is 0 Å². The predicted molar refractivity (Wildman–Crippen MR) is 105 cm³/mol. The number of ether oxygens (including phenoxy) is 1. The number of hydrogen-bond donors (Lipinski definition) is 1. The van der Waals surface area contributed by atoms with E-state index in [1.807, 2.05) is 37.3 Å². The molecule has 1 aliphatic carbocycles. The number of rotatable bonds is 6. The summed E-state index contributed by atoms with van der Waals surface area (Å²) in [6, 6.07) is 12.1. The van der Waals surface area contributed by atoms with Crippen molar-refractivity contribution in [2.45, 2.75) is 63.5 Å². The van der Waals surface area contributed by atoms with E-state index < -0.39 is 5.54 Å². The molecule has 1 amide bonds. The second-order valence-electron chi connectivity index (χ2n) is 8.02. The van der Waals surface area contributed by atoms with Gasteiger partial charge in [-0.15, -0.1) is 0 Å². The molecule has 1 atom stereocenters. The number of hydrogen-bond acceptors (Lipinski definition) is 4. The van der Waals surface area contributed by atoms with Crippen LogP contribution in [0.15, 0.2) is 30.3 Å². The summed E-state index contributed by atoms with van der Waals surface area (Å²) in [7, 11) is 0. The Labute approximate surface area is 162 Å². The van der Waals surface area contributed by atoms with E-state index in [1.54, 1.807) is 0 Å². The first-order valence-corrected chi connectivity index (χ1v) is 10.3. The van der Waals surface area contributed by atoms with Gasteiger partial charge in [-0.2, -0.15) is 5.26 Å². The van der Waals surface area contributed by atoms with E-state index in [1.165, 1.54) is 0 Å². The molecular weight excluding hydrogens is 338 g/mol. The summed E-state index contributed by atoms with van der Waals surface area (Å²) in [5.41, 5.74) is -0.647. The van der Waals surface area contributed by atoms with Gasteiger partial charge >= 0.3 is 0 Å². The van der Waals surface area contributed by atoms with E-state index in [0.29, 0.717) is 5.92 Å². The summed E-state index contributed by atoms with van der Waals surface area (Å²) in [5.74, 6) is 1.44. The fourth-order valence-corrected chi connectivity index (χ4v) is 4.16. The third-order valence-electron chi connectivity index (χ3n) is 6.09. The van der Waals surface area contributed by atoms with Crippen molar-refractivity contribution < 1.29 is 9.53 Å². The highest BCUT2D eigenvalue weighted by Crippen LogP contribution is 2.28. The molecule has 1 heterocycles. The molecule has 1 saturated carbocycles. The fourth-order valence-electron chi connectivity index (χ4n) is 4.16. The largest absolute Gasteiger partial charge is 0.493 e. The van der Waals surface area contributed by atoms with Crippen molar-refractivity contribution in [1.29, 1.82) is 5.26 Å². The van der Waals surface area contributed by atoms with Gasteiger partial charge in [-0.3, -0.25) is 9.69 Å². The van der Waals surface area contributed by atoms with Crippen LogP contribution >= 0.6 is 0 Å². The zero-order chi connectivity index (χ0) is 19.1. The zero-order valence-corrected chi connectivity index (χ0v) is 16.3. The maximum absolute atomic E-state index is 12.7. The summed E-state index contributed by atoms with van der Waals surface area (Å²) >= 11 is 0. The van der Waals surface area contributed by atoms with Crippen LogP contribution in [0.1, 0.15) is 51.9 Å². The Kier molecular flexibility index (Phi) is 6.73. The Bertz CT molecular complexity index is 641. The molecule has 0 spiro atoms. The normalized spacial score (nSPS) is 21.8. The van der Waals surface area contributed by atoms with Gasteiger partial charge in [-0.05, 0) is 63.7 Å². The molecule has 5 nitrogen and oxygen atoms in total. The topological polar surface area (TPSA) is 65.4 Å². The number of carbonyl (C=O) groups excluding carboxylic acids is 1. The third kappa shape index (κ3) is 5.23. The summed E-state index contributed by atoms with van der Waals surface area (Å²) < 4.78 is 5.88. The van der Waals surface area contributed by atoms with E-state index in [-0.39, 0.29) is 11.9 Å². The molecule has 2 fully saturated rings. The highest BCUT2D eigenvalue weighted by atomic mass is 16.5. The second-order valence-corrected chi connectivity index (χ2v) is 8.02. The molecule has 1 unspecified atom stereocenters. The van der Waals surface area contributed by atoms with E-state index in [0.717, 1.165) is 70.4 Å². The van der Waals surface area contributed by atoms with Crippen LogP contribution in [0.5, 0.6) is 5.75 Å². The first-order chi connectivity index (χ1) is 13.1. The minimum atomic E-state index is -0.647. The van der Waals surface area contributed by atoms with Gasteiger partial charge in [0.25, 0.3) is 0 Å². The van der Waals surface area contributed by atoms with E-state index >= 15 is 0 Å². The van der Waals surface area contributed by atoms with Crippen molar-refractivity contribution in [2.75, 3.05) is 19.7 Å². The van der Waals surface area contributed by atoms with Crippen LogP contribution in [0.4, 0.5) is 0 Å². The predicted octanol–water partition coefficient (Wildman–Crippen LogP) is 3.51. The quantitative estimate of drug-likeness (QED) is 0.833. The molecule has 1 aromatic carbocycles. The van der Waals surface area contributed by atoms with Crippen LogP contribution in [0.2, 0.25) is 0 Å². The molecule has 146 valence electrons. The van der Waals surface area contributed by atoms with Gasteiger partial charge in [0, 0.05) is 0 Å². The monoisotopic (exact) mass is 369 g/mol. The van der Waals surface area contributed by atoms with Gasteiger partial charge < -0.3 is 10.1 Å². The lowest BCUT2D eigenvalue weighted by atomic mass is 9.82. The summed E-state index contributed by atoms with van der Waals surface area (Å²) in [6.07, 6.45) is 6.83. The number of nitrogens with zero attached hydrogens (tertiary/aromatic N) is 2. The third-order valence-corrected chi connectivity index (χ3v) is 6.09. The Balaban J connectivity index is 1.44. The van der Waals surface area contributed by atoms with Crippen molar-refractivity contribution in [1.82, 2.24) is 10.2 Å². The van der Waals surface area contributed by atoms with Crippen LogP contribution in [-0.4, -0.2) is 42.1 Å². The Hall–Kier alpha value is -2.06. The van der Waals surface area contributed by atoms with E-state index in [2.05, 4.69) is 16.3 Å². The van der Waals surface area contributed by atoms with Gasteiger partial charge in [0.1, 0.15) is 11.3 Å². The average Bonchev–Trinajstić information content (AvgIpc) is 2.73. The van der Waals surface area contributed by atoms with Crippen LogP contribution in [0.25, 0.3) is 0 Å². The molecule has 1 saturated heterocycles. The van der Waals surface area contributed by atoms with Gasteiger partial charge in [0.15, 0.2) is 0 Å². The smallest absolute Gasteiger partial charge is 0.238 e. The molecule has 1 N–H and O–H groups in total. The summed E-state index contributed by atoms with van der Waals surface area (Å²) in [4.78, 5) is 15.0. The molecule has 2 aliphatic rings. The number of piperidine rings is 1. The number of para-hydroxylation sites is 1. The average molecular weight is 370 g/mol. The first kappa shape index (κ1) is 19.7. The number of benzene rings is 1. The highest BCUT2D eigenvalue weighted by Gasteiger charge is 2.36. The van der Waals surface area contributed by atoms with Gasteiger partial charge in [-0.25, -0.2) is 0 Å². The van der Waals surface area contributed by atoms with Crippen LogP contribution < -0.4 is 10.1 Å². The van der Waals surface area contributed by atoms with Crippen LogP contribution in [-0.2, 0) is 4.79 Å². The standard InChI is InChI=1S/C22H31N3O2/c1-18(21(26)24-22(17-23)12-6-3-7-13-22)25-14-10-19(11-15-25)16-27-20-8-4-2-5-9-20/h2,4-5,8-9,18-19H,3,6-7,10-16H2,1H3,(H,24,26). The highest BCUT2D eigenvalue weighted by molar-refractivity contribution is 5.82. The minimum absolute atomic E-state index is 0.00237. The Morgan fingerprint density at radius 2 is 1.93 bits per heavy atom.